The van der Waals surface area contributed by atoms with Crippen molar-refractivity contribution >= 4 is 5.69 Å². The van der Waals surface area contributed by atoms with Crippen LogP contribution < -0.4 is 5.73 Å². The molecule has 0 aromatic heterocycles. The Labute approximate surface area is 87.4 Å². The Morgan fingerprint density at radius 1 is 0.867 bits per heavy atom. The Kier molecular flexibility index (Phi) is 2.21. The molecule has 2 rings (SSSR count). The van der Waals surface area contributed by atoms with Crippen LogP contribution in [0.4, 0.5) is 5.69 Å². The molecule has 0 saturated carbocycles. The molecule has 4 N–H and O–H groups in total. The van der Waals surface area contributed by atoms with Gasteiger partial charge in [0.15, 0.2) is 11.5 Å². The molecular weight excluding hydrogens is 190 g/mol. The van der Waals surface area contributed by atoms with Crippen LogP contribution in [0, 0.1) is 0 Å². The molecule has 0 spiro atoms. The van der Waals surface area contributed by atoms with E-state index >= 15 is 0 Å². The number of aromatic hydroxyl groups is 2. The lowest BCUT2D eigenvalue weighted by atomic mass is 10.0. The number of nitrogen functional groups attached to an aromatic ring is 1. The van der Waals surface area contributed by atoms with E-state index in [4.69, 9.17) is 5.73 Å². The molecule has 0 aliphatic heterocycles. The van der Waals surface area contributed by atoms with E-state index in [1.165, 1.54) is 6.07 Å². The largest absolute Gasteiger partial charge is 0.504 e. The minimum Gasteiger partial charge on any atom is -0.504 e. The fourth-order valence-electron chi connectivity index (χ4n) is 1.50. The van der Waals surface area contributed by atoms with Crippen molar-refractivity contribution in [3.8, 4) is 22.6 Å². The summed E-state index contributed by atoms with van der Waals surface area (Å²) in [6.07, 6.45) is 0. The lowest BCUT2D eigenvalue weighted by Crippen LogP contribution is -1.90. The van der Waals surface area contributed by atoms with Crippen molar-refractivity contribution in [1.82, 2.24) is 0 Å². The zero-order chi connectivity index (χ0) is 10.8. The van der Waals surface area contributed by atoms with Gasteiger partial charge in [-0.25, -0.2) is 0 Å². The maximum atomic E-state index is 9.70. The number of phenols is 2. The zero-order valence-corrected chi connectivity index (χ0v) is 8.01. The van der Waals surface area contributed by atoms with Crippen molar-refractivity contribution in [1.29, 1.82) is 0 Å². The summed E-state index contributed by atoms with van der Waals surface area (Å²) in [7, 11) is 0. The maximum Gasteiger partial charge on any atom is 0.167 e. The molecule has 2 aromatic carbocycles. The first kappa shape index (κ1) is 9.40. The molecular formula is C12H11NO2. The van der Waals surface area contributed by atoms with Crippen molar-refractivity contribution in [2.24, 2.45) is 0 Å². The van der Waals surface area contributed by atoms with Crippen LogP contribution in [0.5, 0.6) is 11.5 Å². The lowest BCUT2D eigenvalue weighted by Gasteiger charge is -2.09. The monoisotopic (exact) mass is 201 g/mol. The predicted octanol–water partition coefficient (Wildman–Crippen LogP) is 2.35. The Hall–Kier alpha value is -2.16. The summed E-state index contributed by atoms with van der Waals surface area (Å²) in [5.41, 5.74) is 7.44. The van der Waals surface area contributed by atoms with Crippen LogP contribution in [0.1, 0.15) is 0 Å². The highest BCUT2D eigenvalue weighted by molar-refractivity contribution is 5.83. The van der Waals surface area contributed by atoms with E-state index in [0.717, 1.165) is 5.56 Å². The Balaban J connectivity index is 2.68. The van der Waals surface area contributed by atoms with Crippen molar-refractivity contribution in [3.05, 3.63) is 42.5 Å². The van der Waals surface area contributed by atoms with Gasteiger partial charge in [-0.15, -0.1) is 0 Å². The molecule has 3 nitrogen and oxygen atoms in total. The average molecular weight is 201 g/mol. The minimum absolute atomic E-state index is 0.164. The molecule has 76 valence electrons. The first-order valence-corrected chi connectivity index (χ1v) is 4.56. The number of anilines is 1. The summed E-state index contributed by atoms with van der Waals surface area (Å²) in [6, 6.07) is 12.2. The first-order chi connectivity index (χ1) is 7.20. The Morgan fingerprint density at radius 3 is 2.20 bits per heavy atom. The van der Waals surface area contributed by atoms with E-state index in [1.807, 2.05) is 30.3 Å². The third-order valence-electron chi connectivity index (χ3n) is 2.25. The molecule has 0 aliphatic rings. The van der Waals surface area contributed by atoms with Gasteiger partial charge in [-0.05, 0) is 17.7 Å². The minimum atomic E-state index is -0.179. The number of benzene rings is 2. The lowest BCUT2D eigenvalue weighted by molar-refractivity contribution is 0.405. The van der Waals surface area contributed by atoms with E-state index in [1.54, 1.807) is 6.07 Å². The van der Waals surface area contributed by atoms with E-state index < -0.39 is 0 Å². The molecule has 3 heteroatoms. The van der Waals surface area contributed by atoms with Gasteiger partial charge in [0.1, 0.15) is 0 Å². The molecule has 15 heavy (non-hydrogen) atoms. The Bertz CT molecular complexity index is 480. The van der Waals surface area contributed by atoms with Crippen LogP contribution in [0.25, 0.3) is 11.1 Å². The van der Waals surface area contributed by atoms with Gasteiger partial charge in [0.05, 0.1) is 5.56 Å². The Morgan fingerprint density at radius 2 is 1.53 bits per heavy atom. The van der Waals surface area contributed by atoms with Crippen LogP contribution in [-0.2, 0) is 0 Å². The molecule has 0 heterocycles. The quantitative estimate of drug-likeness (QED) is 0.377. The van der Waals surface area contributed by atoms with Crippen molar-refractivity contribution in [2.75, 3.05) is 5.73 Å². The van der Waals surface area contributed by atoms with E-state index in [0.29, 0.717) is 11.3 Å². The molecule has 0 atom stereocenters. The summed E-state index contributed by atoms with van der Waals surface area (Å²) in [6.45, 7) is 0. The van der Waals surface area contributed by atoms with Crippen LogP contribution in [0.15, 0.2) is 42.5 Å². The SMILES string of the molecule is Nc1ccc(O)c(O)c1-c1ccccc1. The van der Waals surface area contributed by atoms with Gasteiger partial charge in [-0.2, -0.15) is 0 Å². The number of nitrogens with two attached hydrogens (primary N) is 1. The van der Waals surface area contributed by atoms with E-state index in [-0.39, 0.29) is 11.5 Å². The number of phenolic OH excluding ortho intramolecular Hbond substituents is 2. The number of hydrogen-bond donors (Lipinski definition) is 3. The van der Waals surface area contributed by atoms with Crippen LogP contribution >= 0.6 is 0 Å². The molecule has 0 radical (unpaired) electrons. The molecule has 0 fully saturated rings. The van der Waals surface area contributed by atoms with Gasteiger partial charge in [0.25, 0.3) is 0 Å². The molecule has 2 aromatic rings. The predicted molar refractivity (Wildman–Crippen MR) is 59.6 cm³/mol. The van der Waals surface area contributed by atoms with Gasteiger partial charge in [0, 0.05) is 5.69 Å². The van der Waals surface area contributed by atoms with Crippen molar-refractivity contribution in [2.45, 2.75) is 0 Å². The third kappa shape index (κ3) is 1.59. The zero-order valence-electron chi connectivity index (χ0n) is 8.01. The highest BCUT2D eigenvalue weighted by Crippen LogP contribution is 2.40. The van der Waals surface area contributed by atoms with Gasteiger partial charge in [0.2, 0.25) is 0 Å². The topological polar surface area (TPSA) is 66.5 Å². The number of hydrogen-bond acceptors (Lipinski definition) is 3. The van der Waals surface area contributed by atoms with Crippen LogP contribution in [0.3, 0.4) is 0 Å². The standard InChI is InChI=1S/C12H11NO2/c13-9-6-7-10(14)12(15)11(9)8-4-2-1-3-5-8/h1-7,14-15H,13H2. The average Bonchev–Trinajstić information content (AvgIpc) is 2.26. The second-order valence-corrected chi connectivity index (χ2v) is 3.26. The summed E-state index contributed by atoms with van der Waals surface area (Å²) >= 11 is 0. The third-order valence-corrected chi connectivity index (χ3v) is 2.25. The van der Waals surface area contributed by atoms with Crippen LogP contribution in [-0.4, -0.2) is 10.2 Å². The van der Waals surface area contributed by atoms with E-state index in [2.05, 4.69) is 0 Å². The normalized spacial score (nSPS) is 10.1. The van der Waals surface area contributed by atoms with Crippen LogP contribution in [0.2, 0.25) is 0 Å². The van der Waals surface area contributed by atoms with Gasteiger partial charge in [-0.1, -0.05) is 30.3 Å². The summed E-state index contributed by atoms with van der Waals surface area (Å²) in [4.78, 5) is 0. The van der Waals surface area contributed by atoms with Gasteiger partial charge < -0.3 is 15.9 Å². The molecule has 0 saturated heterocycles. The second kappa shape index (κ2) is 3.53. The number of rotatable bonds is 1. The fraction of sp³-hybridized carbons (Fsp3) is 0. The van der Waals surface area contributed by atoms with Crippen molar-refractivity contribution < 1.29 is 10.2 Å². The molecule has 0 aliphatic carbocycles. The van der Waals surface area contributed by atoms with Crippen molar-refractivity contribution in [3.63, 3.8) is 0 Å². The van der Waals surface area contributed by atoms with E-state index in [9.17, 15) is 10.2 Å². The summed E-state index contributed by atoms with van der Waals surface area (Å²) < 4.78 is 0. The smallest absolute Gasteiger partial charge is 0.167 e. The van der Waals surface area contributed by atoms with Gasteiger partial charge in [-0.3, -0.25) is 0 Å². The molecule has 0 bridgehead atoms. The molecule has 0 unspecified atom stereocenters. The molecule has 0 amide bonds. The first-order valence-electron chi connectivity index (χ1n) is 4.56. The maximum absolute atomic E-state index is 9.70. The summed E-state index contributed by atoms with van der Waals surface area (Å²) in [5.74, 6) is -0.343. The fourth-order valence-corrected chi connectivity index (χ4v) is 1.50. The highest BCUT2D eigenvalue weighted by atomic mass is 16.3. The van der Waals surface area contributed by atoms with Gasteiger partial charge >= 0.3 is 0 Å². The highest BCUT2D eigenvalue weighted by Gasteiger charge is 2.11. The summed E-state index contributed by atoms with van der Waals surface area (Å²) in [5, 5.41) is 19.1. The second-order valence-electron chi connectivity index (χ2n) is 3.26.